The Bertz CT molecular complexity index is 192. The number of carbonyl (C=O) groups is 1. The number of rotatable bonds is 5. The van der Waals surface area contributed by atoms with Crippen LogP contribution >= 0.6 is 0 Å². The maximum absolute atomic E-state index is 10.8. The Morgan fingerprint density at radius 2 is 2.17 bits per heavy atom. The van der Waals surface area contributed by atoms with Crippen LogP contribution in [-0.4, -0.2) is 19.0 Å². The van der Waals surface area contributed by atoms with Crippen LogP contribution in [0.5, 0.6) is 0 Å². The first kappa shape index (κ1) is 11.1. The number of allylic oxidation sites excluding steroid dienone is 1. The van der Waals surface area contributed by atoms with Gasteiger partial charge in [-0.05, 0) is 31.9 Å². The molecule has 0 saturated heterocycles. The third-order valence-electron chi connectivity index (χ3n) is 1.69. The van der Waals surface area contributed by atoms with E-state index in [4.69, 9.17) is 4.74 Å². The van der Waals surface area contributed by atoms with E-state index in [1.54, 1.807) is 27.0 Å². The van der Waals surface area contributed by atoms with Crippen molar-refractivity contribution in [3.8, 4) is 0 Å². The number of methoxy groups -OCH3 is 1. The summed E-state index contributed by atoms with van der Waals surface area (Å²) in [5.41, 5.74) is 0.740. The summed E-state index contributed by atoms with van der Waals surface area (Å²) in [7, 11) is 1.62. The zero-order chi connectivity index (χ0) is 9.56. The molecule has 0 aromatic heterocycles. The lowest BCUT2D eigenvalue weighted by Gasteiger charge is -2.08. The van der Waals surface area contributed by atoms with Crippen LogP contribution in [0.2, 0.25) is 0 Å². The van der Waals surface area contributed by atoms with Gasteiger partial charge in [-0.3, -0.25) is 4.79 Å². The third kappa shape index (κ3) is 4.09. The average Bonchev–Trinajstić information content (AvgIpc) is 2.03. The number of ketones is 1. The van der Waals surface area contributed by atoms with Gasteiger partial charge in [0, 0.05) is 7.11 Å². The molecule has 0 radical (unpaired) electrons. The van der Waals surface area contributed by atoms with E-state index < -0.39 is 0 Å². The van der Waals surface area contributed by atoms with Crippen LogP contribution in [0, 0.1) is 0 Å². The average molecular weight is 168 g/mol. The lowest BCUT2D eigenvalue weighted by atomic mass is 10.1. The number of Topliss-reactive ketones (excluding diaryl/α,β-unsaturated/α-hetero) is 1. The molecule has 68 valence electrons. The van der Waals surface area contributed by atoms with Crippen LogP contribution < -0.4 is 0 Å². The Hall–Kier alpha value is -0.890. The zero-order valence-electron chi connectivity index (χ0n) is 7.96. The van der Waals surface area contributed by atoms with Crippen LogP contribution in [-0.2, 0) is 9.53 Å². The molecule has 0 fully saturated rings. The second-order valence-electron chi connectivity index (χ2n) is 2.70. The SMILES string of the molecule is C=CCC(C=C(C)C(C)=O)OC. The molecule has 0 aliphatic heterocycles. The summed E-state index contributed by atoms with van der Waals surface area (Å²) in [6.45, 7) is 6.94. The molecule has 0 amide bonds. The van der Waals surface area contributed by atoms with Crippen molar-refractivity contribution in [3.63, 3.8) is 0 Å². The molecule has 0 rings (SSSR count). The van der Waals surface area contributed by atoms with Crippen molar-refractivity contribution >= 4 is 5.78 Å². The van der Waals surface area contributed by atoms with E-state index in [2.05, 4.69) is 6.58 Å². The molecule has 0 spiro atoms. The van der Waals surface area contributed by atoms with E-state index in [0.717, 1.165) is 12.0 Å². The van der Waals surface area contributed by atoms with E-state index >= 15 is 0 Å². The smallest absolute Gasteiger partial charge is 0.155 e. The van der Waals surface area contributed by atoms with Crippen LogP contribution in [0.25, 0.3) is 0 Å². The molecule has 0 aliphatic rings. The monoisotopic (exact) mass is 168 g/mol. The third-order valence-corrected chi connectivity index (χ3v) is 1.69. The molecule has 12 heavy (non-hydrogen) atoms. The highest BCUT2D eigenvalue weighted by molar-refractivity contribution is 5.92. The zero-order valence-corrected chi connectivity index (χ0v) is 7.96. The van der Waals surface area contributed by atoms with Crippen molar-refractivity contribution in [1.82, 2.24) is 0 Å². The molecule has 0 heterocycles. The van der Waals surface area contributed by atoms with Gasteiger partial charge in [0.1, 0.15) is 0 Å². The number of hydrogen-bond donors (Lipinski definition) is 0. The van der Waals surface area contributed by atoms with Crippen molar-refractivity contribution in [1.29, 1.82) is 0 Å². The fraction of sp³-hybridized carbons (Fsp3) is 0.500. The van der Waals surface area contributed by atoms with Crippen LogP contribution in [0.4, 0.5) is 0 Å². The first-order chi connectivity index (χ1) is 5.61. The number of ether oxygens (including phenoxy) is 1. The normalized spacial score (nSPS) is 14.1. The summed E-state index contributed by atoms with van der Waals surface area (Å²) < 4.78 is 5.11. The minimum Gasteiger partial charge on any atom is -0.377 e. The minimum absolute atomic E-state index is 0.0219. The van der Waals surface area contributed by atoms with Gasteiger partial charge in [0.2, 0.25) is 0 Å². The van der Waals surface area contributed by atoms with Gasteiger partial charge in [-0.15, -0.1) is 6.58 Å². The van der Waals surface area contributed by atoms with Crippen LogP contribution in [0.15, 0.2) is 24.3 Å². The lowest BCUT2D eigenvalue weighted by Crippen LogP contribution is -2.07. The predicted molar refractivity (Wildman–Crippen MR) is 50.0 cm³/mol. The molecule has 0 aromatic rings. The summed E-state index contributed by atoms with van der Waals surface area (Å²) in [5.74, 6) is 0.0844. The highest BCUT2D eigenvalue weighted by Gasteiger charge is 2.03. The molecule has 2 heteroatoms. The summed E-state index contributed by atoms with van der Waals surface area (Å²) in [6, 6.07) is 0. The molecule has 0 aliphatic carbocycles. The van der Waals surface area contributed by atoms with Crippen LogP contribution in [0.3, 0.4) is 0 Å². The quantitative estimate of drug-likeness (QED) is 0.464. The maximum atomic E-state index is 10.8. The number of carbonyl (C=O) groups excluding carboxylic acids is 1. The van der Waals surface area contributed by atoms with Gasteiger partial charge < -0.3 is 4.74 Å². The molecule has 1 atom stereocenters. The van der Waals surface area contributed by atoms with Gasteiger partial charge in [-0.2, -0.15) is 0 Å². The Kier molecular flexibility index (Phi) is 5.30. The molecule has 0 bridgehead atoms. The topological polar surface area (TPSA) is 26.3 Å². The van der Waals surface area contributed by atoms with E-state index in [-0.39, 0.29) is 11.9 Å². The van der Waals surface area contributed by atoms with Gasteiger partial charge in [-0.1, -0.05) is 6.08 Å². The van der Waals surface area contributed by atoms with Crippen molar-refractivity contribution in [2.24, 2.45) is 0 Å². The van der Waals surface area contributed by atoms with Crippen molar-refractivity contribution < 1.29 is 9.53 Å². The molecular weight excluding hydrogens is 152 g/mol. The summed E-state index contributed by atoms with van der Waals surface area (Å²) in [6.07, 6.45) is 4.31. The van der Waals surface area contributed by atoms with E-state index in [1.165, 1.54) is 0 Å². The lowest BCUT2D eigenvalue weighted by molar-refractivity contribution is -0.113. The number of hydrogen-bond acceptors (Lipinski definition) is 2. The highest BCUT2D eigenvalue weighted by Crippen LogP contribution is 2.04. The molecule has 1 unspecified atom stereocenters. The Balaban J connectivity index is 4.24. The largest absolute Gasteiger partial charge is 0.377 e. The molecule has 2 nitrogen and oxygen atoms in total. The van der Waals surface area contributed by atoms with E-state index in [1.807, 2.05) is 6.08 Å². The Morgan fingerprint density at radius 1 is 1.58 bits per heavy atom. The standard InChI is InChI=1S/C10H16O2/c1-5-6-10(12-4)7-8(2)9(3)11/h5,7,10H,1,6H2,2-4H3. The molecule has 0 aromatic carbocycles. The molecule has 0 N–H and O–H groups in total. The van der Waals surface area contributed by atoms with Gasteiger partial charge in [-0.25, -0.2) is 0 Å². The summed E-state index contributed by atoms with van der Waals surface area (Å²) >= 11 is 0. The fourth-order valence-electron chi connectivity index (χ4n) is 0.793. The first-order valence-corrected chi connectivity index (χ1v) is 3.94. The predicted octanol–water partition coefficient (Wildman–Crippen LogP) is 2.11. The van der Waals surface area contributed by atoms with Crippen molar-refractivity contribution in [3.05, 3.63) is 24.3 Å². The fourth-order valence-corrected chi connectivity index (χ4v) is 0.793. The van der Waals surface area contributed by atoms with E-state index in [9.17, 15) is 4.79 Å². The Labute approximate surface area is 73.9 Å². The van der Waals surface area contributed by atoms with Gasteiger partial charge in [0.15, 0.2) is 5.78 Å². The molecule has 0 saturated carbocycles. The second kappa shape index (κ2) is 5.72. The van der Waals surface area contributed by atoms with Gasteiger partial charge in [0.25, 0.3) is 0 Å². The van der Waals surface area contributed by atoms with Crippen molar-refractivity contribution in [2.75, 3.05) is 7.11 Å². The second-order valence-corrected chi connectivity index (χ2v) is 2.70. The minimum atomic E-state index is -0.0219. The van der Waals surface area contributed by atoms with Gasteiger partial charge in [0.05, 0.1) is 6.10 Å². The first-order valence-electron chi connectivity index (χ1n) is 3.94. The Morgan fingerprint density at radius 3 is 2.50 bits per heavy atom. The summed E-state index contributed by atoms with van der Waals surface area (Å²) in [4.78, 5) is 10.8. The highest BCUT2D eigenvalue weighted by atomic mass is 16.5. The summed E-state index contributed by atoms with van der Waals surface area (Å²) in [5, 5.41) is 0. The van der Waals surface area contributed by atoms with Crippen molar-refractivity contribution in [2.45, 2.75) is 26.4 Å². The van der Waals surface area contributed by atoms with E-state index in [0.29, 0.717) is 0 Å². The van der Waals surface area contributed by atoms with Gasteiger partial charge >= 0.3 is 0 Å². The van der Waals surface area contributed by atoms with Crippen LogP contribution in [0.1, 0.15) is 20.3 Å². The maximum Gasteiger partial charge on any atom is 0.155 e. The molecular formula is C10H16O2.